The Kier molecular flexibility index (Phi) is 14.1. The molecule has 474 valence electrons. The van der Waals surface area contributed by atoms with Gasteiger partial charge in [-0.15, -0.1) is 0 Å². The van der Waals surface area contributed by atoms with Crippen LogP contribution < -0.4 is 26.2 Å². The van der Waals surface area contributed by atoms with E-state index in [4.69, 9.17) is 19.1 Å². The summed E-state index contributed by atoms with van der Waals surface area (Å²) < 4.78 is 45.8. The number of hydrogen-bond donors (Lipinski definition) is 0. The van der Waals surface area contributed by atoms with Gasteiger partial charge in [0, 0.05) is 50.6 Å². The number of anilines is 6. The van der Waals surface area contributed by atoms with Gasteiger partial charge in [0.25, 0.3) is 6.71 Å². The molecular weight excluding hydrogens is 1170 g/mol. The zero-order valence-electron chi connectivity index (χ0n) is 62.5. The van der Waals surface area contributed by atoms with Crippen molar-refractivity contribution in [3.63, 3.8) is 0 Å². The SMILES string of the molecule is [2H]c1c([2H])c([2H])c(-c2ccc3c(c2)N(c2ccc(-c4ccccc4)cc2-c2ccccc2)c2cc(C(C)(C)C)cc4c2B3c2ccc(-c3cc(C(C)(C)C)cc(C(C)(C)C)c3)cc2N4c2c(-c3ccccc3)cc(C(C)(C)C)cc2-c2nc(-c3ccccc3)nc(-c3ccccc3)n2)c([2H])c1[2H]. The third-order valence-electron chi connectivity index (χ3n) is 19.4. The number of hydrogen-bond acceptors (Lipinski definition) is 5. The molecule has 0 radical (unpaired) electrons. The summed E-state index contributed by atoms with van der Waals surface area (Å²) in [7, 11) is 0. The average Bonchev–Trinajstić information content (AvgIpc) is 0.687. The van der Waals surface area contributed by atoms with E-state index < -0.39 is 18.2 Å². The summed E-state index contributed by atoms with van der Waals surface area (Å²) in [6.07, 6.45) is 0. The second-order valence-corrected chi connectivity index (χ2v) is 30.2. The molecule has 0 bridgehead atoms. The van der Waals surface area contributed by atoms with Gasteiger partial charge in [0.2, 0.25) is 0 Å². The van der Waals surface area contributed by atoms with Crippen molar-refractivity contribution >= 4 is 57.2 Å². The minimum absolute atomic E-state index is 0.136. The zero-order valence-corrected chi connectivity index (χ0v) is 57.5. The Morgan fingerprint density at radius 1 is 0.278 bits per heavy atom. The van der Waals surface area contributed by atoms with Crippen LogP contribution >= 0.6 is 0 Å². The van der Waals surface area contributed by atoms with E-state index in [9.17, 15) is 2.74 Å². The van der Waals surface area contributed by atoms with Crippen molar-refractivity contribution in [2.45, 2.75) is 105 Å². The second kappa shape index (κ2) is 24.2. The number of nitrogens with zero attached hydrogens (tertiary/aromatic N) is 5. The van der Waals surface area contributed by atoms with Crippen LogP contribution in [0, 0.1) is 0 Å². The van der Waals surface area contributed by atoms with Crippen LogP contribution in [0.4, 0.5) is 34.1 Å². The highest BCUT2D eigenvalue weighted by atomic mass is 15.2. The minimum Gasteiger partial charge on any atom is -0.311 e. The van der Waals surface area contributed by atoms with E-state index in [0.29, 0.717) is 23.0 Å². The first-order valence-corrected chi connectivity index (χ1v) is 33.9. The molecule has 0 fully saturated rings. The molecule has 0 N–H and O–H groups in total. The quantitative estimate of drug-likeness (QED) is 0.128. The standard InChI is InChI=1S/C91H82BN5/c1-88(2,3)69-49-68(50-70(54-69)89(4,5)6)67-44-47-77-80(53-67)97(84-74(62-37-25-16-26-38-62)55-71(90(7,8)9)56-75(84)87-94-85(63-39-27-17-28-40-63)93-86(95-87)64-41-29-18-30-42-64)82-58-72(91(10,11)12)57-81-83(82)92(77)76-46-43-66(60-33-21-14-22-34-60)52-79(76)96(81)78-48-45-65(59-31-19-13-20-32-59)51-73(78)61-35-23-15-24-36-61/h13-58H,1-12H3/i14D,21D,22D,33D,34D. The molecule has 97 heavy (non-hydrogen) atoms. The number of aromatic nitrogens is 3. The largest absolute Gasteiger partial charge is 0.311 e. The minimum atomic E-state index is -0.448. The molecule has 15 rings (SSSR count). The van der Waals surface area contributed by atoms with Gasteiger partial charge in [-0.1, -0.05) is 313 Å². The molecule has 1 aromatic heterocycles. The van der Waals surface area contributed by atoms with Crippen molar-refractivity contribution < 1.29 is 6.85 Å². The van der Waals surface area contributed by atoms with Crippen molar-refractivity contribution in [1.82, 2.24) is 15.0 Å². The molecule has 0 spiro atoms. The highest BCUT2D eigenvalue weighted by molar-refractivity contribution is 7.00. The lowest BCUT2D eigenvalue weighted by Gasteiger charge is -2.46. The van der Waals surface area contributed by atoms with Crippen LogP contribution in [0.1, 0.15) is 112 Å². The first-order chi connectivity index (χ1) is 48.7. The summed E-state index contributed by atoms with van der Waals surface area (Å²) in [5.41, 5.74) is 23.7. The van der Waals surface area contributed by atoms with Crippen molar-refractivity contribution in [2.24, 2.45) is 0 Å². The number of rotatable bonds is 10. The van der Waals surface area contributed by atoms with Gasteiger partial charge in [0.1, 0.15) is 0 Å². The van der Waals surface area contributed by atoms with E-state index in [1.807, 2.05) is 48.5 Å². The number of fused-ring (bicyclic) bond motifs is 4. The average molecular weight is 1260 g/mol. The summed E-state index contributed by atoms with van der Waals surface area (Å²) in [6.45, 7) is 27.0. The Labute approximate surface area is 581 Å². The lowest BCUT2D eigenvalue weighted by atomic mass is 9.33. The van der Waals surface area contributed by atoms with Crippen LogP contribution in [0.15, 0.2) is 279 Å². The van der Waals surface area contributed by atoms with Crippen LogP contribution in [0.3, 0.4) is 0 Å². The van der Waals surface area contributed by atoms with E-state index in [1.54, 1.807) is 0 Å². The molecule has 12 aromatic carbocycles. The van der Waals surface area contributed by atoms with E-state index >= 15 is 0 Å². The summed E-state index contributed by atoms with van der Waals surface area (Å²) in [4.78, 5) is 21.6. The fraction of sp³-hybridized carbons (Fsp3) is 0.176. The Morgan fingerprint density at radius 3 is 1.18 bits per heavy atom. The van der Waals surface area contributed by atoms with Crippen LogP contribution in [-0.2, 0) is 21.7 Å². The molecule has 0 atom stereocenters. The maximum Gasteiger partial charge on any atom is 0.252 e. The van der Waals surface area contributed by atoms with Gasteiger partial charge in [-0.25, -0.2) is 15.0 Å². The molecule has 0 aliphatic carbocycles. The monoisotopic (exact) mass is 1260 g/mol. The van der Waals surface area contributed by atoms with E-state index in [0.717, 1.165) is 123 Å². The third-order valence-corrected chi connectivity index (χ3v) is 19.4. The van der Waals surface area contributed by atoms with E-state index in [2.05, 4.69) is 293 Å². The van der Waals surface area contributed by atoms with Crippen molar-refractivity contribution in [3.05, 3.63) is 301 Å². The predicted octanol–water partition coefficient (Wildman–Crippen LogP) is 22.5. The lowest BCUT2D eigenvalue weighted by Crippen LogP contribution is -2.61. The molecule has 0 saturated heterocycles. The van der Waals surface area contributed by atoms with Gasteiger partial charge in [-0.3, -0.25) is 0 Å². The van der Waals surface area contributed by atoms with Gasteiger partial charge < -0.3 is 9.80 Å². The Bertz CT molecular complexity index is 5330. The van der Waals surface area contributed by atoms with Crippen LogP contribution in [0.5, 0.6) is 0 Å². The van der Waals surface area contributed by atoms with E-state index in [1.165, 1.54) is 11.1 Å². The molecule has 2 aliphatic heterocycles. The van der Waals surface area contributed by atoms with Gasteiger partial charge in [0.05, 0.1) is 18.2 Å². The molecule has 0 amide bonds. The summed E-state index contributed by atoms with van der Waals surface area (Å²) in [5.74, 6) is 1.63. The molecular formula is C91H82BN5. The maximum atomic E-state index is 9.51. The maximum absolute atomic E-state index is 9.51. The fourth-order valence-electron chi connectivity index (χ4n) is 13.9. The predicted molar refractivity (Wildman–Crippen MR) is 412 cm³/mol. The van der Waals surface area contributed by atoms with E-state index in [-0.39, 0.29) is 46.0 Å². The number of benzene rings is 12. The topological polar surface area (TPSA) is 45.2 Å². The van der Waals surface area contributed by atoms with Crippen LogP contribution in [0.25, 0.3) is 89.8 Å². The molecule has 6 heteroatoms. The molecule has 0 saturated carbocycles. The van der Waals surface area contributed by atoms with Gasteiger partial charge in [-0.05, 0) is 153 Å². The van der Waals surface area contributed by atoms with Crippen LogP contribution in [-0.4, -0.2) is 21.7 Å². The summed E-state index contributed by atoms with van der Waals surface area (Å²) >= 11 is 0. The normalized spacial score (nSPS) is 13.6. The first kappa shape index (κ1) is 56.6. The zero-order chi connectivity index (χ0) is 71.5. The first-order valence-electron chi connectivity index (χ1n) is 36.4. The summed E-state index contributed by atoms with van der Waals surface area (Å²) in [5, 5.41) is 0. The Hall–Kier alpha value is -10.7. The molecule has 0 unspecified atom stereocenters. The second-order valence-electron chi connectivity index (χ2n) is 30.2. The highest BCUT2D eigenvalue weighted by Gasteiger charge is 2.46. The van der Waals surface area contributed by atoms with Gasteiger partial charge in [-0.2, -0.15) is 0 Å². The Balaban J connectivity index is 1.13. The highest BCUT2D eigenvalue weighted by Crippen LogP contribution is 2.54. The Morgan fingerprint density at radius 2 is 0.670 bits per heavy atom. The molecule has 5 nitrogen and oxygen atoms in total. The van der Waals surface area contributed by atoms with Gasteiger partial charge >= 0.3 is 0 Å². The summed E-state index contributed by atoms with van der Waals surface area (Å²) in [6, 6.07) is 87.3. The van der Waals surface area contributed by atoms with Crippen molar-refractivity contribution in [1.29, 1.82) is 0 Å². The third kappa shape index (κ3) is 11.8. The van der Waals surface area contributed by atoms with Crippen molar-refractivity contribution in [3.8, 4) is 89.8 Å². The molecule has 3 heterocycles. The van der Waals surface area contributed by atoms with Crippen molar-refractivity contribution in [2.75, 3.05) is 9.80 Å². The molecule has 13 aromatic rings. The van der Waals surface area contributed by atoms with Crippen LogP contribution in [0.2, 0.25) is 0 Å². The smallest absolute Gasteiger partial charge is 0.252 e. The lowest BCUT2D eigenvalue weighted by molar-refractivity contribution is 0.569. The van der Waals surface area contributed by atoms with Gasteiger partial charge in [0.15, 0.2) is 17.5 Å². The molecule has 2 aliphatic rings. The fourth-order valence-corrected chi connectivity index (χ4v) is 13.9.